The first-order valence-electron chi connectivity index (χ1n) is 11.0. The Morgan fingerprint density at radius 1 is 1.06 bits per heavy atom. The molecule has 2 fully saturated rings. The number of hydrogen-bond acceptors (Lipinski definition) is 4. The van der Waals surface area contributed by atoms with E-state index in [2.05, 4.69) is 17.5 Å². The van der Waals surface area contributed by atoms with Gasteiger partial charge in [0.05, 0.1) is 31.4 Å². The van der Waals surface area contributed by atoms with E-state index in [0.29, 0.717) is 17.0 Å². The Kier molecular flexibility index (Phi) is 5.08. The largest absolute Gasteiger partial charge is 0.497 e. The number of carbonyl (C=O) groups is 3. The van der Waals surface area contributed by atoms with Crippen molar-refractivity contribution in [2.75, 3.05) is 12.4 Å². The maximum atomic E-state index is 13.4. The van der Waals surface area contributed by atoms with E-state index in [-0.39, 0.29) is 47.8 Å². The molecule has 2 aromatic rings. The Morgan fingerprint density at radius 2 is 1.75 bits per heavy atom. The van der Waals surface area contributed by atoms with E-state index in [0.717, 1.165) is 12.0 Å². The van der Waals surface area contributed by atoms with Crippen LogP contribution in [0.5, 0.6) is 5.75 Å². The maximum absolute atomic E-state index is 13.4. The summed E-state index contributed by atoms with van der Waals surface area (Å²) < 4.78 is 5.35. The molecule has 1 N–H and O–H groups in total. The molecule has 164 valence electrons. The molecular weight excluding hydrogens is 404 g/mol. The topological polar surface area (TPSA) is 75.7 Å². The molecule has 5 unspecified atom stereocenters. The number of rotatable bonds is 6. The zero-order valence-corrected chi connectivity index (χ0v) is 18.2. The second-order valence-electron chi connectivity index (χ2n) is 8.96. The molecule has 1 aliphatic heterocycles. The van der Waals surface area contributed by atoms with Gasteiger partial charge >= 0.3 is 0 Å². The van der Waals surface area contributed by atoms with Crippen LogP contribution in [0.1, 0.15) is 30.0 Å². The summed E-state index contributed by atoms with van der Waals surface area (Å²) in [6, 6.07) is 14.1. The number of benzene rings is 2. The zero-order chi connectivity index (χ0) is 22.4. The zero-order valence-electron chi connectivity index (χ0n) is 18.2. The minimum atomic E-state index is -0.681. The van der Waals surface area contributed by atoms with Gasteiger partial charge in [0.15, 0.2) is 0 Å². The minimum absolute atomic E-state index is 0.0131. The lowest BCUT2D eigenvalue weighted by molar-refractivity contribution is -0.144. The lowest BCUT2D eigenvalue weighted by atomic mass is 9.85. The van der Waals surface area contributed by atoms with Gasteiger partial charge in [-0.25, -0.2) is 0 Å². The fraction of sp³-hybridized carbons (Fsp3) is 0.346. The number of methoxy groups -OCH3 is 1. The molecule has 0 aromatic heterocycles. The van der Waals surface area contributed by atoms with Crippen molar-refractivity contribution >= 4 is 23.4 Å². The van der Waals surface area contributed by atoms with Crippen LogP contribution in [0.25, 0.3) is 0 Å². The van der Waals surface area contributed by atoms with Gasteiger partial charge < -0.3 is 10.1 Å². The van der Waals surface area contributed by atoms with Gasteiger partial charge in [0.2, 0.25) is 17.7 Å². The maximum Gasteiger partial charge on any atom is 0.234 e. The minimum Gasteiger partial charge on any atom is -0.497 e. The molecule has 1 saturated heterocycles. The first-order valence-corrected chi connectivity index (χ1v) is 11.0. The molecule has 0 radical (unpaired) electrons. The molecule has 6 heteroatoms. The standard InChI is InChI=1S/C26H26N2O4/c1-15-5-3-7-19(11-15)27-22(29)14-21(16-6-4-8-20(13-16)32-2)28-25(30)23-17-9-10-18(12-17)24(23)26(28)31/h3-11,13,17-18,21,23-24H,12,14H2,1-2H3,(H,27,29). The molecule has 5 atom stereocenters. The van der Waals surface area contributed by atoms with Crippen LogP contribution in [-0.2, 0) is 14.4 Å². The number of allylic oxidation sites excluding steroid dienone is 2. The molecule has 3 amide bonds. The number of nitrogens with zero attached hydrogens (tertiary/aromatic N) is 1. The molecule has 2 aliphatic carbocycles. The van der Waals surface area contributed by atoms with Gasteiger partial charge in [-0.05, 0) is 60.6 Å². The van der Waals surface area contributed by atoms with Gasteiger partial charge in [-0.15, -0.1) is 0 Å². The van der Waals surface area contributed by atoms with E-state index in [9.17, 15) is 14.4 Å². The molecule has 2 bridgehead atoms. The molecule has 3 aliphatic rings. The predicted molar refractivity (Wildman–Crippen MR) is 120 cm³/mol. The summed E-state index contributed by atoms with van der Waals surface area (Å²) in [5, 5.41) is 2.91. The van der Waals surface area contributed by atoms with Crippen LogP contribution in [0.4, 0.5) is 5.69 Å². The van der Waals surface area contributed by atoms with E-state index in [1.54, 1.807) is 19.2 Å². The second kappa shape index (κ2) is 7.93. The van der Waals surface area contributed by atoms with Crippen molar-refractivity contribution in [2.45, 2.75) is 25.8 Å². The van der Waals surface area contributed by atoms with Crippen molar-refractivity contribution in [1.29, 1.82) is 0 Å². The van der Waals surface area contributed by atoms with Crippen molar-refractivity contribution < 1.29 is 19.1 Å². The number of ether oxygens (including phenoxy) is 1. The Morgan fingerprint density at radius 3 is 2.41 bits per heavy atom. The summed E-state index contributed by atoms with van der Waals surface area (Å²) in [6.07, 6.45) is 5.01. The van der Waals surface area contributed by atoms with Crippen LogP contribution >= 0.6 is 0 Å². The lowest BCUT2D eigenvalue weighted by Crippen LogP contribution is -2.38. The molecule has 5 rings (SSSR count). The molecule has 1 saturated carbocycles. The fourth-order valence-corrected chi connectivity index (χ4v) is 5.55. The Labute approximate surface area is 187 Å². The van der Waals surface area contributed by atoms with Crippen molar-refractivity contribution in [3.05, 3.63) is 71.8 Å². The van der Waals surface area contributed by atoms with E-state index in [1.807, 2.05) is 43.3 Å². The van der Waals surface area contributed by atoms with Crippen LogP contribution in [0, 0.1) is 30.6 Å². The number of amides is 3. The lowest BCUT2D eigenvalue weighted by Gasteiger charge is -2.28. The first kappa shape index (κ1) is 20.5. The van der Waals surface area contributed by atoms with E-state index < -0.39 is 6.04 Å². The number of likely N-dealkylation sites (tertiary alicyclic amines) is 1. The first-order chi connectivity index (χ1) is 15.5. The highest BCUT2D eigenvalue weighted by atomic mass is 16.5. The fourth-order valence-electron chi connectivity index (χ4n) is 5.55. The van der Waals surface area contributed by atoms with Crippen molar-refractivity contribution in [3.63, 3.8) is 0 Å². The highest BCUT2D eigenvalue weighted by Gasteiger charge is 2.60. The van der Waals surface area contributed by atoms with Gasteiger partial charge in [-0.1, -0.05) is 36.4 Å². The average molecular weight is 431 g/mol. The predicted octanol–water partition coefficient (Wildman–Crippen LogP) is 3.88. The van der Waals surface area contributed by atoms with Crippen molar-refractivity contribution in [3.8, 4) is 5.75 Å². The molecular formula is C26H26N2O4. The molecule has 0 spiro atoms. The third-order valence-electron chi connectivity index (χ3n) is 6.98. The van der Waals surface area contributed by atoms with Gasteiger partial charge in [0, 0.05) is 5.69 Å². The van der Waals surface area contributed by atoms with Gasteiger partial charge in [-0.3, -0.25) is 19.3 Å². The van der Waals surface area contributed by atoms with E-state index in [1.165, 1.54) is 4.90 Å². The van der Waals surface area contributed by atoms with Crippen LogP contribution in [0.15, 0.2) is 60.7 Å². The number of imide groups is 1. The molecule has 2 aromatic carbocycles. The van der Waals surface area contributed by atoms with Gasteiger partial charge in [0.25, 0.3) is 0 Å². The Balaban J connectivity index is 1.46. The van der Waals surface area contributed by atoms with Crippen LogP contribution in [-0.4, -0.2) is 29.7 Å². The number of nitrogens with one attached hydrogen (secondary N) is 1. The normalized spacial score (nSPS) is 26.4. The molecule has 32 heavy (non-hydrogen) atoms. The van der Waals surface area contributed by atoms with Crippen LogP contribution in [0.2, 0.25) is 0 Å². The average Bonchev–Trinajstić information content (AvgIpc) is 3.46. The van der Waals surface area contributed by atoms with Crippen molar-refractivity contribution in [1.82, 2.24) is 4.90 Å². The summed E-state index contributed by atoms with van der Waals surface area (Å²) in [4.78, 5) is 41.3. The van der Waals surface area contributed by atoms with E-state index >= 15 is 0 Å². The Bertz CT molecular complexity index is 1090. The Hall–Kier alpha value is -3.41. The third-order valence-corrected chi connectivity index (χ3v) is 6.98. The summed E-state index contributed by atoms with van der Waals surface area (Å²) in [5.41, 5.74) is 2.44. The highest BCUT2D eigenvalue weighted by molar-refractivity contribution is 6.07. The van der Waals surface area contributed by atoms with Gasteiger partial charge in [0.1, 0.15) is 5.75 Å². The number of hydrogen-bond donors (Lipinski definition) is 1. The highest BCUT2D eigenvalue weighted by Crippen LogP contribution is 2.54. The van der Waals surface area contributed by atoms with E-state index in [4.69, 9.17) is 4.74 Å². The monoisotopic (exact) mass is 430 g/mol. The summed E-state index contributed by atoms with van der Waals surface area (Å²) in [5.74, 6) is -0.302. The summed E-state index contributed by atoms with van der Waals surface area (Å²) in [7, 11) is 1.57. The van der Waals surface area contributed by atoms with Crippen LogP contribution in [0.3, 0.4) is 0 Å². The summed E-state index contributed by atoms with van der Waals surface area (Å²) in [6.45, 7) is 1.96. The van der Waals surface area contributed by atoms with Crippen molar-refractivity contribution in [2.24, 2.45) is 23.7 Å². The van der Waals surface area contributed by atoms with Gasteiger partial charge in [-0.2, -0.15) is 0 Å². The number of fused-ring (bicyclic) bond motifs is 5. The third kappa shape index (κ3) is 3.40. The van der Waals surface area contributed by atoms with Crippen LogP contribution < -0.4 is 10.1 Å². The number of anilines is 1. The smallest absolute Gasteiger partial charge is 0.234 e. The molecule has 6 nitrogen and oxygen atoms in total. The molecule has 1 heterocycles. The number of aryl methyl sites for hydroxylation is 1. The summed E-state index contributed by atoms with van der Waals surface area (Å²) >= 11 is 0. The SMILES string of the molecule is COc1cccc(C(CC(=O)Nc2cccc(C)c2)N2C(=O)C3C4C=CC(C4)C3C2=O)c1. The quantitative estimate of drug-likeness (QED) is 0.557. The number of carbonyl (C=O) groups excluding carboxylic acids is 3. The second-order valence-corrected chi connectivity index (χ2v) is 8.96.